The molecular weight excluding hydrogens is 224 g/mol. The Morgan fingerprint density at radius 1 is 1.50 bits per heavy atom. The normalized spacial score (nSPS) is 19.1. The number of hydrazine groups is 1. The molecule has 94 valence electrons. The number of nitrogens with one attached hydrogen (secondary N) is 1. The predicted molar refractivity (Wildman–Crippen MR) is 70.8 cm³/mol. The molecule has 1 aromatic carbocycles. The van der Waals surface area contributed by atoms with E-state index in [1.54, 1.807) is 0 Å². The first kappa shape index (κ1) is 11.4. The molecule has 2 unspecified atom stereocenters. The second-order valence-corrected chi connectivity index (χ2v) is 4.95. The van der Waals surface area contributed by atoms with E-state index in [-0.39, 0.29) is 6.04 Å². The summed E-state index contributed by atoms with van der Waals surface area (Å²) in [7, 11) is 2.00. The molecular formula is C14H18N4. The van der Waals surface area contributed by atoms with Gasteiger partial charge in [0.05, 0.1) is 6.04 Å². The Hall–Kier alpha value is -1.65. The van der Waals surface area contributed by atoms with E-state index < -0.39 is 0 Å². The van der Waals surface area contributed by atoms with Crippen molar-refractivity contribution in [2.24, 2.45) is 12.9 Å². The molecule has 0 bridgehead atoms. The summed E-state index contributed by atoms with van der Waals surface area (Å²) >= 11 is 0. The average molecular weight is 242 g/mol. The number of hydrogen-bond donors (Lipinski definition) is 2. The van der Waals surface area contributed by atoms with Gasteiger partial charge in [-0.25, -0.2) is 10.4 Å². The van der Waals surface area contributed by atoms with Gasteiger partial charge >= 0.3 is 0 Å². The third-order valence-electron chi connectivity index (χ3n) is 3.85. The van der Waals surface area contributed by atoms with Crippen LogP contribution in [0.4, 0.5) is 0 Å². The second-order valence-electron chi connectivity index (χ2n) is 4.95. The molecule has 0 aliphatic heterocycles. The van der Waals surface area contributed by atoms with Crippen LogP contribution in [0.2, 0.25) is 0 Å². The summed E-state index contributed by atoms with van der Waals surface area (Å²) in [4.78, 5) is 4.37. The molecule has 0 radical (unpaired) electrons. The maximum atomic E-state index is 5.68. The predicted octanol–water partition coefficient (Wildman–Crippen LogP) is 1.65. The topological polar surface area (TPSA) is 55.9 Å². The zero-order chi connectivity index (χ0) is 12.5. The van der Waals surface area contributed by atoms with Crippen LogP contribution in [-0.2, 0) is 13.5 Å². The van der Waals surface area contributed by atoms with E-state index >= 15 is 0 Å². The molecule has 0 spiro atoms. The largest absolute Gasteiger partial charge is 0.337 e. The molecule has 0 amide bonds. The fourth-order valence-electron chi connectivity index (χ4n) is 2.82. The first-order chi connectivity index (χ1) is 8.79. The van der Waals surface area contributed by atoms with E-state index in [1.165, 1.54) is 11.1 Å². The highest BCUT2D eigenvalue weighted by Gasteiger charge is 2.29. The molecule has 2 atom stereocenters. The van der Waals surface area contributed by atoms with Gasteiger partial charge in [-0.2, -0.15) is 0 Å². The lowest BCUT2D eigenvalue weighted by atomic mass is 9.74. The van der Waals surface area contributed by atoms with Gasteiger partial charge in [0.1, 0.15) is 5.82 Å². The molecule has 1 aliphatic rings. The number of rotatable bonds is 4. The minimum Gasteiger partial charge on any atom is -0.337 e. The molecule has 1 heterocycles. The maximum absolute atomic E-state index is 5.68. The molecule has 1 aliphatic carbocycles. The monoisotopic (exact) mass is 242 g/mol. The van der Waals surface area contributed by atoms with E-state index in [2.05, 4.69) is 34.7 Å². The van der Waals surface area contributed by atoms with Gasteiger partial charge in [0.25, 0.3) is 0 Å². The fourth-order valence-corrected chi connectivity index (χ4v) is 2.82. The van der Waals surface area contributed by atoms with Crippen LogP contribution in [0.5, 0.6) is 0 Å². The summed E-state index contributed by atoms with van der Waals surface area (Å²) in [5, 5.41) is 0. The van der Waals surface area contributed by atoms with E-state index in [0.717, 1.165) is 18.7 Å². The van der Waals surface area contributed by atoms with Crippen molar-refractivity contribution in [1.29, 1.82) is 0 Å². The average Bonchev–Trinajstić information content (AvgIpc) is 2.77. The first-order valence-electron chi connectivity index (χ1n) is 6.30. The summed E-state index contributed by atoms with van der Waals surface area (Å²) in [5.74, 6) is 7.27. The summed E-state index contributed by atoms with van der Waals surface area (Å²) in [6, 6.07) is 8.75. The first-order valence-corrected chi connectivity index (χ1v) is 6.30. The Balaban J connectivity index is 1.76. The van der Waals surface area contributed by atoms with Crippen molar-refractivity contribution < 1.29 is 0 Å². The van der Waals surface area contributed by atoms with Crippen LogP contribution in [0, 0.1) is 0 Å². The van der Waals surface area contributed by atoms with Gasteiger partial charge in [0.2, 0.25) is 0 Å². The van der Waals surface area contributed by atoms with E-state index in [0.29, 0.717) is 5.92 Å². The summed E-state index contributed by atoms with van der Waals surface area (Å²) < 4.78 is 2.02. The highest BCUT2D eigenvalue weighted by atomic mass is 15.3. The number of aryl methyl sites for hydroxylation is 1. The minimum atomic E-state index is 0.114. The quantitative estimate of drug-likeness (QED) is 0.633. The number of nitrogens with zero attached hydrogens (tertiary/aromatic N) is 2. The lowest BCUT2D eigenvalue weighted by Gasteiger charge is -2.32. The zero-order valence-electron chi connectivity index (χ0n) is 10.5. The number of nitrogens with two attached hydrogens (primary N) is 1. The number of aromatic nitrogens is 2. The van der Waals surface area contributed by atoms with Gasteiger partial charge in [0.15, 0.2) is 0 Å². The molecule has 0 fully saturated rings. The lowest BCUT2D eigenvalue weighted by molar-refractivity contribution is 0.413. The van der Waals surface area contributed by atoms with Crippen molar-refractivity contribution in [2.45, 2.75) is 24.8 Å². The molecule has 3 N–H and O–H groups in total. The van der Waals surface area contributed by atoms with Crippen LogP contribution in [0.3, 0.4) is 0 Å². The Kier molecular flexibility index (Phi) is 2.89. The lowest BCUT2D eigenvalue weighted by Crippen LogP contribution is -2.33. The fraction of sp³-hybridized carbons (Fsp3) is 0.357. The van der Waals surface area contributed by atoms with Crippen LogP contribution in [-0.4, -0.2) is 9.55 Å². The van der Waals surface area contributed by atoms with Gasteiger partial charge in [0, 0.05) is 19.4 Å². The highest BCUT2D eigenvalue weighted by molar-refractivity contribution is 5.40. The van der Waals surface area contributed by atoms with Crippen molar-refractivity contribution >= 4 is 0 Å². The highest BCUT2D eigenvalue weighted by Crippen LogP contribution is 2.40. The van der Waals surface area contributed by atoms with Gasteiger partial charge in [-0.3, -0.25) is 5.84 Å². The summed E-state index contributed by atoms with van der Waals surface area (Å²) in [6.07, 6.45) is 5.92. The van der Waals surface area contributed by atoms with E-state index in [4.69, 9.17) is 5.84 Å². The molecule has 0 saturated heterocycles. The van der Waals surface area contributed by atoms with Crippen LogP contribution in [0.1, 0.15) is 35.3 Å². The summed E-state index contributed by atoms with van der Waals surface area (Å²) in [6.45, 7) is 0. The second kappa shape index (κ2) is 4.55. The third kappa shape index (κ3) is 1.83. The van der Waals surface area contributed by atoms with Gasteiger partial charge < -0.3 is 4.57 Å². The van der Waals surface area contributed by atoms with Crippen molar-refractivity contribution in [3.05, 3.63) is 53.6 Å². The van der Waals surface area contributed by atoms with Gasteiger partial charge in [-0.15, -0.1) is 0 Å². The molecule has 4 nitrogen and oxygen atoms in total. The summed E-state index contributed by atoms with van der Waals surface area (Å²) in [5.41, 5.74) is 5.83. The van der Waals surface area contributed by atoms with Crippen molar-refractivity contribution in [2.75, 3.05) is 0 Å². The SMILES string of the molecule is Cn1ccnc1C(CC1Cc2ccccc21)NN. The molecule has 1 aromatic heterocycles. The number of fused-ring (bicyclic) bond motifs is 1. The van der Waals surface area contributed by atoms with Crippen molar-refractivity contribution in [3.63, 3.8) is 0 Å². The Bertz CT molecular complexity index is 546. The number of benzene rings is 1. The van der Waals surface area contributed by atoms with Crippen LogP contribution < -0.4 is 11.3 Å². The zero-order valence-corrected chi connectivity index (χ0v) is 10.5. The molecule has 4 heteroatoms. The maximum Gasteiger partial charge on any atom is 0.126 e. The smallest absolute Gasteiger partial charge is 0.126 e. The Morgan fingerprint density at radius 2 is 2.33 bits per heavy atom. The van der Waals surface area contributed by atoms with Gasteiger partial charge in [-0.05, 0) is 29.9 Å². The van der Waals surface area contributed by atoms with Crippen LogP contribution >= 0.6 is 0 Å². The standard InChI is InChI=1S/C14H18N4/c1-18-7-6-16-14(18)13(17-15)9-11-8-10-4-2-3-5-12(10)11/h2-7,11,13,17H,8-9,15H2,1H3. The van der Waals surface area contributed by atoms with E-state index in [9.17, 15) is 0 Å². The van der Waals surface area contributed by atoms with Crippen molar-refractivity contribution in [1.82, 2.24) is 15.0 Å². The number of imidazole rings is 1. The van der Waals surface area contributed by atoms with Crippen molar-refractivity contribution in [3.8, 4) is 0 Å². The van der Waals surface area contributed by atoms with Gasteiger partial charge in [-0.1, -0.05) is 24.3 Å². The molecule has 18 heavy (non-hydrogen) atoms. The number of hydrogen-bond acceptors (Lipinski definition) is 3. The van der Waals surface area contributed by atoms with Crippen LogP contribution in [0.25, 0.3) is 0 Å². The third-order valence-corrected chi connectivity index (χ3v) is 3.85. The Morgan fingerprint density at radius 3 is 3.00 bits per heavy atom. The molecule has 2 aromatic rings. The Labute approximate surface area is 107 Å². The molecule has 0 saturated carbocycles. The van der Waals surface area contributed by atoms with E-state index in [1.807, 2.05) is 24.0 Å². The minimum absolute atomic E-state index is 0.114. The molecule has 3 rings (SSSR count). The van der Waals surface area contributed by atoms with Crippen LogP contribution in [0.15, 0.2) is 36.7 Å².